The normalized spacial score (nSPS) is 12.8. The van der Waals surface area contributed by atoms with Gasteiger partial charge >= 0.3 is 0 Å². The smallest absolute Gasteiger partial charge is 0.251 e. The van der Waals surface area contributed by atoms with Crippen molar-refractivity contribution in [2.75, 3.05) is 0 Å². The quantitative estimate of drug-likeness (QED) is 0.722. The van der Waals surface area contributed by atoms with Crippen LogP contribution in [0.4, 0.5) is 0 Å². The van der Waals surface area contributed by atoms with E-state index in [1.807, 2.05) is 13.8 Å². The van der Waals surface area contributed by atoms with Crippen LogP contribution in [-0.2, 0) is 6.42 Å². The molecule has 13 heavy (non-hydrogen) atoms. The van der Waals surface area contributed by atoms with Gasteiger partial charge in [-0.3, -0.25) is 4.79 Å². The van der Waals surface area contributed by atoms with Crippen LogP contribution < -0.4 is 11.3 Å². The molecule has 0 bridgehead atoms. The van der Waals surface area contributed by atoms with Crippen molar-refractivity contribution in [1.29, 1.82) is 0 Å². The minimum absolute atomic E-state index is 0.120. The highest BCUT2D eigenvalue weighted by Gasteiger charge is 2.04. The van der Waals surface area contributed by atoms with Crippen molar-refractivity contribution < 1.29 is 0 Å². The van der Waals surface area contributed by atoms with Gasteiger partial charge in [-0.25, -0.2) is 4.98 Å². The van der Waals surface area contributed by atoms with Gasteiger partial charge in [-0.1, -0.05) is 6.92 Å². The summed E-state index contributed by atoms with van der Waals surface area (Å²) in [5, 5.41) is 0. The van der Waals surface area contributed by atoms with E-state index in [1.165, 1.54) is 6.07 Å². The largest absolute Gasteiger partial charge is 0.323 e. The number of aromatic nitrogens is 2. The SMILES string of the molecule is CCCc1nc(C(C)N)cc(=O)[nH]1. The number of nitrogens with zero attached hydrogens (tertiary/aromatic N) is 1. The first kappa shape index (κ1) is 9.92. The van der Waals surface area contributed by atoms with Gasteiger partial charge in [-0.15, -0.1) is 0 Å². The minimum atomic E-state index is -0.182. The number of hydrogen-bond acceptors (Lipinski definition) is 3. The second-order valence-corrected chi connectivity index (χ2v) is 3.16. The van der Waals surface area contributed by atoms with Crippen LogP contribution in [0.3, 0.4) is 0 Å². The lowest BCUT2D eigenvalue weighted by atomic mass is 10.2. The van der Waals surface area contributed by atoms with Gasteiger partial charge in [0.1, 0.15) is 5.82 Å². The van der Waals surface area contributed by atoms with Crippen LogP contribution >= 0.6 is 0 Å². The van der Waals surface area contributed by atoms with Gasteiger partial charge in [-0.05, 0) is 13.3 Å². The fourth-order valence-electron chi connectivity index (χ4n) is 1.12. The average Bonchev–Trinajstić information content (AvgIpc) is 2.03. The lowest BCUT2D eigenvalue weighted by molar-refractivity contribution is 0.734. The molecule has 3 N–H and O–H groups in total. The molecule has 0 aromatic carbocycles. The van der Waals surface area contributed by atoms with E-state index in [-0.39, 0.29) is 11.6 Å². The zero-order chi connectivity index (χ0) is 9.84. The predicted octanol–water partition coefficient (Wildman–Crippen LogP) is 0.742. The Balaban J connectivity index is 3.04. The van der Waals surface area contributed by atoms with Crippen molar-refractivity contribution in [2.45, 2.75) is 32.7 Å². The average molecular weight is 181 g/mol. The Kier molecular flexibility index (Phi) is 3.19. The molecule has 1 heterocycles. The van der Waals surface area contributed by atoms with Crippen molar-refractivity contribution in [2.24, 2.45) is 5.73 Å². The number of nitrogens with two attached hydrogens (primary N) is 1. The van der Waals surface area contributed by atoms with Crippen LogP contribution in [0.1, 0.15) is 37.8 Å². The van der Waals surface area contributed by atoms with E-state index >= 15 is 0 Å². The lowest BCUT2D eigenvalue weighted by Gasteiger charge is -2.05. The molecule has 1 unspecified atom stereocenters. The second-order valence-electron chi connectivity index (χ2n) is 3.16. The zero-order valence-electron chi connectivity index (χ0n) is 8.00. The molecule has 1 aromatic rings. The van der Waals surface area contributed by atoms with Crippen LogP contribution in [0.2, 0.25) is 0 Å². The van der Waals surface area contributed by atoms with Crippen LogP contribution in [0.25, 0.3) is 0 Å². The Bertz CT molecular complexity index is 330. The van der Waals surface area contributed by atoms with Crippen molar-refractivity contribution in [1.82, 2.24) is 9.97 Å². The van der Waals surface area contributed by atoms with Crippen molar-refractivity contribution >= 4 is 0 Å². The topological polar surface area (TPSA) is 71.8 Å². The maximum Gasteiger partial charge on any atom is 0.251 e. The molecular formula is C9H15N3O. The van der Waals surface area contributed by atoms with Crippen molar-refractivity contribution in [3.63, 3.8) is 0 Å². The number of aromatic amines is 1. The molecule has 0 saturated carbocycles. The number of aryl methyl sites for hydroxylation is 1. The summed E-state index contributed by atoms with van der Waals surface area (Å²) in [6, 6.07) is 1.27. The first-order valence-electron chi connectivity index (χ1n) is 4.49. The molecule has 0 saturated heterocycles. The standard InChI is InChI=1S/C9H15N3O/c1-3-4-8-11-7(6(2)10)5-9(13)12-8/h5-6H,3-4,10H2,1-2H3,(H,11,12,13). The zero-order valence-corrected chi connectivity index (χ0v) is 8.00. The lowest BCUT2D eigenvalue weighted by Crippen LogP contribution is -2.17. The maximum atomic E-state index is 11.1. The second kappa shape index (κ2) is 4.18. The Morgan fingerprint density at radius 3 is 2.92 bits per heavy atom. The number of rotatable bonds is 3. The van der Waals surface area contributed by atoms with Crippen molar-refractivity contribution in [3.05, 3.63) is 27.9 Å². The molecule has 0 fully saturated rings. The monoisotopic (exact) mass is 181 g/mol. The van der Waals surface area contributed by atoms with E-state index in [1.54, 1.807) is 0 Å². The fraction of sp³-hybridized carbons (Fsp3) is 0.556. The number of hydrogen-bond donors (Lipinski definition) is 2. The molecule has 0 spiro atoms. The molecule has 4 nitrogen and oxygen atoms in total. The van der Waals surface area contributed by atoms with Gasteiger partial charge in [-0.2, -0.15) is 0 Å². The predicted molar refractivity (Wildman–Crippen MR) is 51.5 cm³/mol. The Morgan fingerprint density at radius 1 is 1.69 bits per heavy atom. The van der Waals surface area contributed by atoms with E-state index in [9.17, 15) is 4.79 Å². The molecule has 0 aliphatic rings. The molecule has 4 heteroatoms. The molecule has 1 aromatic heterocycles. The van der Waals surface area contributed by atoms with Gasteiger partial charge in [0.2, 0.25) is 0 Å². The molecule has 0 radical (unpaired) electrons. The van der Waals surface area contributed by atoms with Gasteiger partial charge in [0.15, 0.2) is 0 Å². The Morgan fingerprint density at radius 2 is 2.38 bits per heavy atom. The third-order valence-corrected chi connectivity index (χ3v) is 1.76. The molecule has 1 rings (SSSR count). The Hall–Kier alpha value is -1.16. The maximum absolute atomic E-state index is 11.1. The van der Waals surface area contributed by atoms with E-state index < -0.39 is 0 Å². The summed E-state index contributed by atoms with van der Waals surface area (Å²) in [6.07, 6.45) is 1.75. The fourth-order valence-corrected chi connectivity index (χ4v) is 1.12. The number of nitrogens with one attached hydrogen (secondary N) is 1. The molecule has 1 atom stereocenters. The summed E-state index contributed by atoms with van der Waals surface area (Å²) in [4.78, 5) is 18.1. The van der Waals surface area contributed by atoms with Gasteiger partial charge in [0.25, 0.3) is 5.56 Å². The first-order valence-corrected chi connectivity index (χ1v) is 4.49. The van der Waals surface area contributed by atoms with Gasteiger partial charge in [0.05, 0.1) is 5.69 Å². The van der Waals surface area contributed by atoms with Crippen LogP contribution in [-0.4, -0.2) is 9.97 Å². The van der Waals surface area contributed by atoms with Crippen LogP contribution in [0, 0.1) is 0 Å². The number of H-pyrrole nitrogens is 1. The van der Waals surface area contributed by atoms with Gasteiger partial charge in [0, 0.05) is 18.5 Å². The van der Waals surface area contributed by atoms with Crippen LogP contribution in [0.5, 0.6) is 0 Å². The summed E-state index contributed by atoms with van der Waals surface area (Å²) in [5.74, 6) is 0.724. The highest BCUT2D eigenvalue weighted by molar-refractivity contribution is 5.06. The minimum Gasteiger partial charge on any atom is -0.323 e. The molecular weight excluding hydrogens is 166 g/mol. The van der Waals surface area contributed by atoms with Crippen LogP contribution in [0.15, 0.2) is 10.9 Å². The third kappa shape index (κ3) is 2.66. The summed E-state index contributed by atoms with van der Waals surface area (Å²) in [5.41, 5.74) is 6.17. The summed E-state index contributed by atoms with van der Waals surface area (Å²) < 4.78 is 0. The highest BCUT2D eigenvalue weighted by atomic mass is 16.1. The van der Waals surface area contributed by atoms with E-state index in [0.717, 1.165) is 18.7 Å². The first-order chi connectivity index (χ1) is 6.13. The highest BCUT2D eigenvalue weighted by Crippen LogP contribution is 2.03. The Labute approximate surface area is 77.2 Å². The molecule has 0 aliphatic carbocycles. The van der Waals surface area contributed by atoms with E-state index in [0.29, 0.717) is 5.69 Å². The summed E-state index contributed by atoms with van der Waals surface area (Å²) in [7, 11) is 0. The summed E-state index contributed by atoms with van der Waals surface area (Å²) >= 11 is 0. The van der Waals surface area contributed by atoms with Gasteiger partial charge < -0.3 is 10.7 Å². The molecule has 0 aliphatic heterocycles. The van der Waals surface area contributed by atoms with Crippen molar-refractivity contribution in [3.8, 4) is 0 Å². The molecule has 72 valence electrons. The van der Waals surface area contributed by atoms with E-state index in [2.05, 4.69) is 9.97 Å². The summed E-state index contributed by atoms with van der Waals surface area (Å²) in [6.45, 7) is 3.86. The third-order valence-electron chi connectivity index (χ3n) is 1.76. The van der Waals surface area contributed by atoms with E-state index in [4.69, 9.17) is 5.73 Å². The molecule has 0 amide bonds.